The van der Waals surface area contributed by atoms with Crippen molar-refractivity contribution in [2.24, 2.45) is 0 Å². The summed E-state index contributed by atoms with van der Waals surface area (Å²) in [6.07, 6.45) is 0. The Hall–Kier alpha value is -6.61. The zero-order valence-electron chi connectivity index (χ0n) is 30.3. The van der Waals surface area contributed by atoms with Gasteiger partial charge in [-0.1, -0.05) is 109 Å². The average Bonchev–Trinajstić information content (AvgIpc) is 3.55. The molecule has 4 nitrogen and oxygen atoms in total. The predicted octanol–water partition coefficient (Wildman–Crippen LogP) is 12.3. The van der Waals surface area contributed by atoms with Crippen molar-refractivity contribution in [3.63, 3.8) is 0 Å². The number of para-hydroxylation sites is 2. The van der Waals surface area contributed by atoms with Crippen LogP contribution < -0.4 is 25.4 Å². The number of rotatable bonds is 4. The highest BCUT2D eigenvalue weighted by atomic mass is 31.2. The normalized spacial score (nSPS) is 13.4. The Bertz CT molecular complexity index is 2920. The van der Waals surface area contributed by atoms with E-state index in [0.717, 1.165) is 39.1 Å². The Kier molecular flexibility index (Phi) is 6.92. The van der Waals surface area contributed by atoms with Crippen LogP contribution in [0.15, 0.2) is 170 Å². The zero-order valence-corrected chi connectivity index (χ0v) is 31.2. The second-order valence-corrected chi connectivity index (χ2v) is 17.2. The largest absolute Gasteiger partial charge is 0.456 e. The maximum absolute atomic E-state index is 16.0. The lowest BCUT2D eigenvalue weighted by atomic mass is 10.0. The van der Waals surface area contributed by atoms with Crippen LogP contribution in [0.4, 0.5) is 0 Å². The van der Waals surface area contributed by atoms with E-state index >= 15 is 4.57 Å². The molecule has 0 N–H and O–H groups in total. The van der Waals surface area contributed by atoms with Gasteiger partial charge in [-0.15, -0.1) is 0 Å². The number of hydrogen-bond acceptors (Lipinski definition) is 3. The van der Waals surface area contributed by atoms with Crippen molar-refractivity contribution in [2.45, 2.75) is 13.8 Å². The fraction of sp³-hybridized carbons (Fsp3) is 0.0400. The lowest BCUT2D eigenvalue weighted by Crippen LogP contribution is -2.35. The Labute approximate surface area is 319 Å². The van der Waals surface area contributed by atoms with Crippen LogP contribution >= 0.6 is 7.14 Å². The van der Waals surface area contributed by atoms with Crippen molar-refractivity contribution in [3.8, 4) is 62.1 Å². The smallest absolute Gasteiger partial charge is 0.185 e. The molecule has 1 aromatic heterocycles. The second-order valence-electron chi connectivity index (χ2n) is 14.5. The fourth-order valence-electron chi connectivity index (χ4n) is 8.67. The van der Waals surface area contributed by atoms with Crippen LogP contribution in [-0.2, 0) is 4.57 Å². The van der Waals surface area contributed by atoms with Gasteiger partial charge in [0.1, 0.15) is 28.3 Å². The molecule has 9 aromatic rings. The standard InChI is InChI=1S/C50H34NO3P/c1-31-11-3-5-13-38(31)34-21-25-48-44(27-34)53-46-29-36(33-19-23-37(24-20-33)51-42-17-9-7-15-40(42)41-16-8-10-18-43(41)51)30-47-50(46)55(48,52)49-26-22-35(28-45(49)54-47)39-14-6-4-12-32(39)2/h3-30H,1-2H3. The number of nitrogens with zero attached hydrogens (tertiary/aromatic N) is 1. The molecule has 0 bridgehead atoms. The van der Waals surface area contributed by atoms with E-state index in [9.17, 15) is 0 Å². The van der Waals surface area contributed by atoms with Crippen molar-refractivity contribution in [1.29, 1.82) is 0 Å². The van der Waals surface area contributed by atoms with Gasteiger partial charge in [-0.25, -0.2) is 0 Å². The van der Waals surface area contributed by atoms with Gasteiger partial charge in [-0.05, 0) is 119 Å². The number of fused-ring (bicyclic) bond motifs is 7. The van der Waals surface area contributed by atoms with E-state index in [1.165, 1.54) is 32.9 Å². The van der Waals surface area contributed by atoms with Gasteiger partial charge in [0.25, 0.3) is 0 Å². The molecule has 0 saturated heterocycles. The van der Waals surface area contributed by atoms with Crippen LogP contribution in [0.25, 0.3) is 60.9 Å². The van der Waals surface area contributed by atoms with Crippen molar-refractivity contribution < 1.29 is 14.0 Å². The summed E-state index contributed by atoms with van der Waals surface area (Å²) in [4.78, 5) is 0. The summed E-state index contributed by atoms with van der Waals surface area (Å²) in [5.41, 5.74) is 11.9. The topological polar surface area (TPSA) is 40.5 Å². The van der Waals surface area contributed by atoms with E-state index in [2.05, 4.69) is 128 Å². The first-order chi connectivity index (χ1) is 27.0. The predicted molar refractivity (Wildman–Crippen MR) is 226 cm³/mol. The number of hydrogen-bond donors (Lipinski definition) is 0. The summed E-state index contributed by atoms with van der Waals surface area (Å²) in [5.74, 6) is 2.34. The van der Waals surface area contributed by atoms with E-state index in [1.807, 2.05) is 60.7 Å². The van der Waals surface area contributed by atoms with Crippen LogP contribution in [0.2, 0.25) is 0 Å². The number of benzene rings is 8. The summed E-state index contributed by atoms with van der Waals surface area (Å²) in [6, 6.07) is 58.6. The molecule has 0 atom stereocenters. The van der Waals surface area contributed by atoms with Gasteiger partial charge in [0.2, 0.25) is 0 Å². The third kappa shape index (κ3) is 4.75. The first-order valence-electron chi connectivity index (χ1n) is 18.6. The van der Waals surface area contributed by atoms with Gasteiger partial charge >= 0.3 is 0 Å². The number of ether oxygens (including phenoxy) is 2. The summed E-state index contributed by atoms with van der Waals surface area (Å²) in [6.45, 7) is 4.22. The van der Waals surface area contributed by atoms with Gasteiger partial charge < -0.3 is 18.6 Å². The molecule has 0 saturated carbocycles. The molecule has 55 heavy (non-hydrogen) atoms. The van der Waals surface area contributed by atoms with Crippen LogP contribution in [-0.4, -0.2) is 4.57 Å². The highest BCUT2D eigenvalue weighted by molar-refractivity contribution is 7.86. The first kappa shape index (κ1) is 31.9. The first-order valence-corrected chi connectivity index (χ1v) is 20.3. The monoisotopic (exact) mass is 727 g/mol. The Morgan fingerprint density at radius 1 is 0.436 bits per heavy atom. The summed E-state index contributed by atoms with van der Waals surface area (Å²) >= 11 is 0. The molecule has 5 heteroatoms. The summed E-state index contributed by atoms with van der Waals surface area (Å²) < 4.78 is 32.0. The quantitative estimate of drug-likeness (QED) is 0.170. The van der Waals surface area contributed by atoms with E-state index in [-0.39, 0.29) is 0 Å². The van der Waals surface area contributed by atoms with Gasteiger partial charge in [-0.2, -0.15) is 0 Å². The van der Waals surface area contributed by atoms with E-state index in [4.69, 9.17) is 9.47 Å². The SMILES string of the molecule is Cc1ccccc1-c1ccc2c(c1)Oc1cc(-c3ccc(-n4c5ccccc5c5ccccc54)cc3)cc3c1P2(=O)c1ccc(-c2ccccc2C)cc1O3. The molecular weight excluding hydrogens is 694 g/mol. The zero-order chi connectivity index (χ0) is 36.8. The number of aromatic nitrogens is 1. The highest BCUT2D eigenvalue weighted by Crippen LogP contribution is 2.59. The van der Waals surface area contributed by atoms with Crippen molar-refractivity contribution in [1.82, 2.24) is 4.57 Å². The molecule has 8 aromatic carbocycles. The second kappa shape index (κ2) is 11.9. The van der Waals surface area contributed by atoms with E-state index < -0.39 is 7.14 Å². The molecule has 262 valence electrons. The Morgan fingerprint density at radius 3 is 1.38 bits per heavy atom. The van der Waals surface area contributed by atoms with E-state index in [0.29, 0.717) is 38.9 Å². The minimum Gasteiger partial charge on any atom is -0.456 e. The van der Waals surface area contributed by atoms with Crippen LogP contribution in [0.1, 0.15) is 11.1 Å². The molecule has 2 aliphatic rings. The minimum atomic E-state index is -3.41. The molecule has 11 rings (SSSR count). The minimum absolute atomic E-state index is 0.561. The lowest BCUT2D eigenvalue weighted by Gasteiger charge is -2.35. The molecule has 0 radical (unpaired) electrons. The maximum atomic E-state index is 16.0. The summed E-state index contributed by atoms with van der Waals surface area (Å²) in [7, 11) is -3.41. The van der Waals surface area contributed by atoms with Crippen LogP contribution in [0, 0.1) is 13.8 Å². The molecule has 0 amide bonds. The van der Waals surface area contributed by atoms with Gasteiger partial charge in [0.15, 0.2) is 7.14 Å². The molecule has 3 heterocycles. The Balaban J connectivity index is 1.08. The van der Waals surface area contributed by atoms with Crippen molar-refractivity contribution in [2.75, 3.05) is 0 Å². The molecule has 0 fully saturated rings. The van der Waals surface area contributed by atoms with Crippen LogP contribution in [0.3, 0.4) is 0 Å². The summed E-state index contributed by atoms with van der Waals surface area (Å²) in [5, 5.41) is 4.45. The van der Waals surface area contributed by atoms with Gasteiger partial charge in [0, 0.05) is 16.5 Å². The van der Waals surface area contributed by atoms with Crippen molar-refractivity contribution >= 4 is 44.9 Å². The fourth-order valence-corrected chi connectivity index (χ4v) is 11.7. The van der Waals surface area contributed by atoms with E-state index in [1.54, 1.807) is 0 Å². The Morgan fingerprint density at radius 2 is 0.873 bits per heavy atom. The highest BCUT2D eigenvalue weighted by Gasteiger charge is 2.47. The average molecular weight is 728 g/mol. The van der Waals surface area contributed by atoms with Gasteiger partial charge in [-0.3, -0.25) is 0 Å². The van der Waals surface area contributed by atoms with Crippen LogP contribution in [0.5, 0.6) is 23.0 Å². The molecule has 0 spiro atoms. The third-order valence-corrected chi connectivity index (χ3v) is 14.5. The van der Waals surface area contributed by atoms with Gasteiger partial charge in [0.05, 0.1) is 21.6 Å². The third-order valence-electron chi connectivity index (χ3n) is 11.3. The maximum Gasteiger partial charge on any atom is 0.185 e. The van der Waals surface area contributed by atoms with Crippen molar-refractivity contribution in [3.05, 3.63) is 181 Å². The molecule has 0 unspecified atom stereocenters. The molecular formula is C50H34NO3P. The number of aryl methyl sites for hydroxylation is 2. The lowest BCUT2D eigenvalue weighted by molar-refractivity contribution is 0.462. The molecule has 2 aliphatic heterocycles. The molecule has 0 aliphatic carbocycles.